The molecule has 1 heterocycles. The molecule has 1 aliphatic carbocycles. The molecule has 1 unspecified atom stereocenters. The Labute approximate surface area is 106 Å². The lowest BCUT2D eigenvalue weighted by Gasteiger charge is -2.35. The van der Waals surface area contributed by atoms with E-state index in [1.807, 2.05) is 6.92 Å². The summed E-state index contributed by atoms with van der Waals surface area (Å²) in [5.74, 6) is 0.112. The van der Waals surface area contributed by atoms with Crippen molar-refractivity contribution in [3.8, 4) is 0 Å². The number of nitrogens with one attached hydrogen (secondary N) is 1. The normalized spacial score (nSPS) is 21.6. The fraction of sp³-hybridized carbons (Fsp3) is 0.909. The van der Waals surface area contributed by atoms with Crippen LogP contribution >= 0.6 is 12.4 Å². The Balaban J connectivity index is 0.00000144. The van der Waals surface area contributed by atoms with Crippen LogP contribution in [0.25, 0.3) is 0 Å². The minimum atomic E-state index is -2.42. The van der Waals surface area contributed by atoms with Crippen molar-refractivity contribution >= 4 is 18.3 Å². The summed E-state index contributed by atoms with van der Waals surface area (Å²) in [4.78, 5) is 13.5. The van der Waals surface area contributed by atoms with Crippen molar-refractivity contribution in [3.63, 3.8) is 0 Å². The summed E-state index contributed by atoms with van der Waals surface area (Å²) >= 11 is 0. The van der Waals surface area contributed by atoms with Crippen LogP contribution in [0.2, 0.25) is 0 Å². The summed E-state index contributed by atoms with van der Waals surface area (Å²) in [7, 11) is 0. The molecule has 1 N–H and O–H groups in total. The van der Waals surface area contributed by atoms with Crippen molar-refractivity contribution in [3.05, 3.63) is 0 Å². The predicted molar refractivity (Wildman–Crippen MR) is 63.5 cm³/mol. The molecule has 0 aromatic carbocycles. The molecular weight excluding hydrogens is 250 g/mol. The van der Waals surface area contributed by atoms with Crippen LogP contribution in [0.3, 0.4) is 0 Å². The molecule has 17 heavy (non-hydrogen) atoms. The van der Waals surface area contributed by atoms with E-state index in [0.29, 0.717) is 5.92 Å². The Morgan fingerprint density at radius 1 is 1.41 bits per heavy atom. The second-order valence-corrected chi connectivity index (χ2v) is 4.82. The second kappa shape index (κ2) is 5.96. The van der Waals surface area contributed by atoms with Gasteiger partial charge in [0.1, 0.15) is 0 Å². The molecule has 1 aliphatic heterocycles. The van der Waals surface area contributed by atoms with Gasteiger partial charge in [0.25, 0.3) is 6.43 Å². The number of carbonyl (C=O) groups is 1. The lowest BCUT2D eigenvalue weighted by molar-refractivity contribution is -0.140. The number of alkyl halides is 2. The molecule has 0 radical (unpaired) electrons. The molecule has 0 aromatic rings. The Hall–Kier alpha value is -0.420. The average molecular weight is 269 g/mol. The van der Waals surface area contributed by atoms with Gasteiger partial charge in [-0.3, -0.25) is 4.79 Å². The van der Waals surface area contributed by atoms with Gasteiger partial charge in [-0.05, 0) is 31.8 Å². The lowest BCUT2D eigenvalue weighted by Crippen LogP contribution is -2.51. The van der Waals surface area contributed by atoms with Crippen molar-refractivity contribution in [1.82, 2.24) is 10.2 Å². The fourth-order valence-corrected chi connectivity index (χ4v) is 2.08. The zero-order valence-electron chi connectivity index (χ0n) is 9.86. The molecule has 3 nitrogen and oxygen atoms in total. The van der Waals surface area contributed by atoms with Gasteiger partial charge in [0, 0.05) is 12.0 Å². The zero-order chi connectivity index (χ0) is 11.7. The highest BCUT2D eigenvalue weighted by Gasteiger charge is 2.39. The maximum Gasteiger partial charge on any atom is 0.255 e. The molecule has 0 spiro atoms. The van der Waals surface area contributed by atoms with Crippen molar-refractivity contribution in [2.75, 3.05) is 19.6 Å². The summed E-state index contributed by atoms with van der Waals surface area (Å²) in [6, 6.07) is 0.0805. The molecule has 2 rings (SSSR count). The number of rotatable bonds is 5. The van der Waals surface area contributed by atoms with Crippen molar-refractivity contribution in [1.29, 1.82) is 0 Å². The van der Waals surface area contributed by atoms with E-state index in [1.54, 1.807) is 0 Å². The Morgan fingerprint density at radius 3 is 2.35 bits per heavy atom. The van der Waals surface area contributed by atoms with E-state index in [0.717, 1.165) is 25.9 Å². The van der Waals surface area contributed by atoms with Gasteiger partial charge in [-0.2, -0.15) is 0 Å². The van der Waals surface area contributed by atoms with Crippen molar-refractivity contribution < 1.29 is 13.6 Å². The highest BCUT2D eigenvalue weighted by Crippen LogP contribution is 2.30. The summed E-state index contributed by atoms with van der Waals surface area (Å²) in [5, 5.41) is 3.10. The van der Waals surface area contributed by atoms with Gasteiger partial charge < -0.3 is 10.2 Å². The molecule has 0 aromatic heterocycles. The monoisotopic (exact) mass is 268 g/mol. The van der Waals surface area contributed by atoms with Crippen LogP contribution in [-0.2, 0) is 4.79 Å². The molecule has 2 fully saturated rings. The van der Waals surface area contributed by atoms with Crippen molar-refractivity contribution in [2.45, 2.75) is 32.2 Å². The van der Waals surface area contributed by atoms with Crippen LogP contribution in [0.4, 0.5) is 8.78 Å². The van der Waals surface area contributed by atoms with Gasteiger partial charge in [-0.15, -0.1) is 12.4 Å². The van der Waals surface area contributed by atoms with E-state index >= 15 is 0 Å². The minimum Gasteiger partial charge on any atom is -0.334 e. The lowest BCUT2D eigenvalue weighted by atomic mass is 9.88. The molecule has 1 amide bonds. The molecule has 1 saturated carbocycles. The first kappa shape index (κ1) is 14.6. The highest BCUT2D eigenvalue weighted by molar-refractivity contribution is 5.85. The maximum atomic E-state index is 12.4. The molecule has 100 valence electrons. The van der Waals surface area contributed by atoms with Gasteiger partial charge in [-0.25, -0.2) is 8.78 Å². The molecule has 1 saturated heterocycles. The van der Waals surface area contributed by atoms with E-state index in [-0.39, 0.29) is 30.3 Å². The quantitative estimate of drug-likeness (QED) is 0.820. The van der Waals surface area contributed by atoms with Crippen LogP contribution in [-0.4, -0.2) is 42.9 Å². The Kier molecular flexibility index (Phi) is 5.13. The first-order chi connectivity index (χ1) is 7.59. The summed E-state index contributed by atoms with van der Waals surface area (Å²) in [6.45, 7) is 3.13. The van der Waals surface area contributed by atoms with Crippen molar-refractivity contribution in [2.24, 2.45) is 11.8 Å². The summed E-state index contributed by atoms with van der Waals surface area (Å²) in [5.41, 5.74) is 0. The predicted octanol–water partition coefficient (Wildman–Crippen LogP) is 1.52. The van der Waals surface area contributed by atoms with Gasteiger partial charge in [0.15, 0.2) is 0 Å². The minimum absolute atomic E-state index is 0. The first-order valence-corrected chi connectivity index (χ1v) is 5.89. The third-order valence-electron chi connectivity index (χ3n) is 3.52. The summed E-state index contributed by atoms with van der Waals surface area (Å²) < 4.78 is 24.8. The smallest absolute Gasteiger partial charge is 0.255 e. The topological polar surface area (TPSA) is 32.3 Å². The van der Waals surface area contributed by atoms with Gasteiger partial charge in [-0.1, -0.05) is 6.92 Å². The van der Waals surface area contributed by atoms with Crippen LogP contribution in [0.5, 0.6) is 0 Å². The van der Waals surface area contributed by atoms with Gasteiger partial charge >= 0.3 is 0 Å². The van der Waals surface area contributed by atoms with E-state index < -0.39 is 13.0 Å². The Bertz CT molecular complexity index is 270. The van der Waals surface area contributed by atoms with E-state index in [1.165, 1.54) is 4.90 Å². The number of amides is 1. The number of nitrogens with zero attached hydrogens (tertiary/aromatic N) is 1. The Morgan fingerprint density at radius 2 is 2.00 bits per heavy atom. The van der Waals surface area contributed by atoms with Crippen LogP contribution in [0, 0.1) is 11.8 Å². The van der Waals surface area contributed by atoms with Gasteiger partial charge in [0.2, 0.25) is 5.91 Å². The maximum absolute atomic E-state index is 12.4. The highest BCUT2D eigenvalue weighted by atomic mass is 35.5. The van der Waals surface area contributed by atoms with Crippen LogP contribution < -0.4 is 5.32 Å². The number of hydrogen-bond donors (Lipinski definition) is 1. The van der Waals surface area contributed by atoms with Crippen LogP contribution in [0.15, 0.2) is 0 Å². The van der Waals surface area contributed by atoms with E-state index in [4.69, 9.17) is 0 Å². The van der Waals surface area contributed by atoms with E-state index in [9.17, 15) is 13.6 Å². The zero-order valence-corrected chi connectivity index (χ0v) is 10.7. The largest absolute Gasteiger partial charge is 0.334 e. The number of carbonyl (C=O) groups excluding carboxylic acids is 1. The van der Waals surface area contributed by atoms with Gasteiger partial charge in [0.05, 0.1) is 6.54 Å². The SMILES string of the molecule is CC(C(=O)N(CC(F)F)C1CC1)C1CNC1.Cl. The first-order valence-electron chi connectivity index (χ1n) is 5.89. The average Bonchev–Trinajstić information content (AvgIpc) is 2.93. The molecule has 2 aliphatic rings. The number of halogens is 3. The summed E-state index contributed by atoms with van der Waals surface area (Å²) in [6.07, 6.45) is -0.654. The number of hydrogen-bond acceptors (Lipinski definition) is 2. The molecule has 0 bridgehead atoms. The third kappa shape index (κ3) is 3.52. The van der Waals surface area contributed by atoms with E-state index in [2.05, 4.69) is 5.32 Å². The molecular formula is C11H19ClF2N2O. The second-order valence-electron chi connectivity index (χ2n) is 4.82. The van der Waals surface area contributed by atoms with Crippen LogP contribution in [0.1, 0.15) is 19.8 Å². The molecule has 1 atom stereocenters. The third-order valence-corrected chi connectivity index (χ3v) is 3.52. The molecule has 6 heteroatoms. The fourth-order valence-electron chi connectivity index (χ4n) is 2.08. The standard InChI is InChI=1S/C11H18F2N2O.ClH/c1-7(8-4-14-5-8)11(16)15(6-10(12)13)9-2-3-9;/h7-10,14H,2-6H2,1H3;1H.